The summed E-state index contributed by atoms with van der Waals surface area (Å²) >= 11 is 0. The second kappa shape index (κ2) is 8.41. The van der Waals surface area contributed by atoms with Gasteiger partial charge in [0.25, 0.3) is 0 Å². The Labute approximate surface area is 131 Å². The minimum absolute atomic E-state index is 0.321. The van der Waals surface area contributed by atoms with Crippen molar-refractivity contribution >= 4 is 5.69 Å². The van der Waals surface area contributed by atoms with Crippen LogP contribution in [0.1, 0.15) is 18.1 Å². The van der Waals surface area contributed by atoms with Gasteiger partial charge in [0.2, 0.25) is 0 Å². The van der Waals surface area contributed by atoms with E-state index < -0.39 is 0 Å². The van der Waals surface area contributed by atoms with Crippen LogP contribution < -0.4 is 15.8 Å². The van der Waals surface area contributed by atoms with Gasteiger partial charge in [-0.1, -0.05) is 36.4 Å². The lowest BCUT2D eigenvalue weighted by atomic mass is 10.1. The monoisotopic (exact) mass is 300 g/mol. The molecule has 4 N–H and O–H groups in total. The first kappa shape index (κ1) is 16.3. The summed E-state index contributed by atoms with van der Waals surface area (Å²) in [5, 5.41) is 12.4. The second-order valence-corrected chi connectivity index (χ2v) is 5.45. The van der Waals surface area contributed by atoms with Gasteiger partial charge in [0.1, 0.15) is 12.4 Å². The number of aliphatic hydroxyl groups excluding tert-OH is 1. The maximum absolute atomic E-state index is 9.18. The van der Waals surface area contributed by atoms with Crippen molar-refractivity contribution in [2.45, 2.75) is 26.1 Å². The van der Waals surface area contributed by atoms with Crippen molar-refractivity contribution in [3.05, 3.63) is 59.7 Å². The Bertz CT molecular complexity index is 571. The molecule has 2 rings (SSSR count). The predicted molar refractivity (Wildman–Crippen MR) is 89.9 cm³/mol. The maximum atomic E-state index is 9.18. The van der Waals surface area contributed by atoms with Gasteiger partial charge in [-0.25, -0.2) is 0 Å². The van der Waals surface area contributed by atoms with Crippen LogP contribution in [0.2, 0.25) is 0 Å². The van der Waals surface area contributed by atoms with Crippen molar-refractivity contribution in [2.75, 3.05) is 18.8 Å². The molecule has 0 aromatic heterocycles. The average Bonchev–Trinajstić information content (AvgIpc) is 2.51. The van der Waals surface area contributed by atoms with Crippen molar-refractivity contribution in [2.24, 2.45) is 0 Å². The molecule has 0 amide bonds. The minimum atomic E-state index is -0.321. The van der Waals surface area contributed by atoms with E-state index in [4.69, 9.17) is 10.5 Å². The van der Waals surface area contributed by atoms with Gasteiger partial charge in [0.15, 0.2) is 0 Å². The van der Waals surface area contributed by atoms with E-state index in [2.05, 4.69) is 5.32 Å². The number of benzene rings is 2. The lowest BCUT2D eigenvalue weighted by Crippen LogP contribution is -2.26. The highest BCUT2D eigenvalue weighted by Crippen LogP contribution is 2.23. The first-order chi connectivity index (χ1) is 10.6. The molecule has 2 aromatic carbocycles. The molecule has 0 fully saturated rings. The quantitative estimate of drug-likeness (QED) is 0.517. The Hall–Kier alpha value is -2.04. The van der Waals surface area contributed by atoms with Crippen LogP contribution in [-0.4, -0.2) is 24.3 Å². The molecule has 0 spiro atoms. The lowest BCUT2D eigenvalue weighted by Gasteiger charge is -2.11. The van der Waals surface area contributed by atoms with Gasteiger partial charge in [-0.3, -0.25) is 0 Å². The molecule has 0 heterocycles. The number of ether oxygens (including phenoxy) is 1. The molecule has 22 heavy (non-hydrogen) atoms. The topological polar surface area (TPSA) is 67.5 Å². The molecular weight excluding hydrogens is 276 g/mol. The van der Waals surface area contributed by atoms with Crippen LogP contribution >= 0.6 is 0 Å². The van der Waals surface area contributed by atoms with E-state index in [0.717, 1.165) is 24.1 Å². The van der Waals surface area contributed by atoms with E-state index in [1.165, 1.54) is 0 Å². The molecule has 0 bridgehead atoms. The van der Waals surface area contributed by atoms with Crippen LogP contribution in [0, 0.1) is 0 Å². The highest BCUT2D eigenvalue weighted by atomic mass is 16.5. The summed E-state index contributed by atoms with van der Waals surface area (Å²) in [5.41, 5.74) is 8.98. The van der Waals surface area contributed by atoms with Crippen LogP contribution in [0.4, 0.5) is 5.69 Å². The van der Waals surface area contributed by atoms with Gasteiger partial charge >= 0.3 is 0 Å². The number of nitrogens with two attached hydrogens (primary N) is 1. The second-order valence-electron chi connectivity index (χ2n) is 5.45. The minimum Gasteiger partial charge on any atom is -0.487 e. The first-order valence-corrected chi connectivity index (χ1v) is 7.59. The summed E-state index contributed by atoms with van der Waals surface area (Å²) in [7, 11) is 0. The smallest absolute Gasteiger partial charge is 0.142 e. The summed E-state index contributed by atoms with van der Waals surface area (Å²) < 4.78 is 5.76. The van der Waals surface area contributed by atoms with Gasteiger partial charge < -0.3 is 20.9 Å². The number of hydrogen-bond acceptors (Lipinski definition) is 4. The zero-order chi connectivity index (χ0) is 15.8. The van der Waals surface area contributed by atoms with Crippen molar-refractivity contribution < 1.29 is 9.84 Å². The van der Waals surface area contributed by atoms with E-state index in [0.29, 0.717) is 24.6 Å². The molecule has 0 aliphatic carbocycles. The van der Waals surface area contributed by atoms with E-state index in [1.807, 2.05) is 48.5 Å². The molecule has 0 aliphatic heterocycles. The number of nitrogen functional groups attached to an aromatic ring is 1. The van der Waals surface area contributed by atoms with Crippen molar-refractivity contribution in [3.63, 3.8) is 0 Å². The van der Waals surface area contributed by atoms with E-state index >= 15 is 0 Å². The zero-order valence-electron chi connectivity index (χ0n) is 13.0. The SMILES string of the molecule is CC(O)CNCCc1ccc(OCc2ccccc2)c(N)c1. The van der Waals surface area contributed by atoms with Crippen molar-refractivity contribution in [1.82, 2.24) is 5.32 Å². The summed E-state index contributed by atoms with van der Waals surface area (Å²) in [4.78, 5) is 0. The third kappa shape index (κ3) is 5.39. The van der Waals surface area contributed by atoms with Gasteiger partial charge in [-0.15, -0.1) is 0 Å². The number of hydrogen-bond donors (Lipinski definition) is 3. The Kier molecular flexibility index (Phi) is 6.25. The molecule has 0 saturated carbocycles. The van der Waals surface area contributed by atoms with E-state index in [9.17, 15) is 5.11 Å². The zero-order valence-corrected chi connectivity index (χ0v) is 13.0. The lowest BCUT2D eigenvalue weighted by molar-refractivity contribution is 0.191. The van der Waals surface area contributed by atoms with Crippen molar-refractivity contribution in [3.8, 4) is 5.75 Å². The van der Waals surface area contributed by atoms with Gasteiger partial charge in [-0.2, -0.15) is 0 Å². The van der Waals surface area contributed by atoms with E-state index in [1.54, 1.807) is 6.92 Å². The third-order valence-corrected chi connectivity index (χ3v) is 3.34. The Morgan fingerprint density at radius 1 is 1.14 bits per heavy atom. The molecule has 1 unspecified atom stereocenters. The molecule has 2 aromatic rings. The summed E-state index contributed by atoms with van der Waals surface area (Å²) in [6.45, 7) is 3.70. The van der Waals surface area contributed by atoms with Crippen LogP contribution in [0.3, 0.4) is 0 Å². The fourth-order valence-corrected chi connectivity index (χ4v) is 2.16. The number of anilines is 1. The molecule has 4 nitrogen and oxygen atoms in total. The summed E-state index contributed by atoms with van der Waals surface area (Å²) in [6.07, 6.45) is 0.550. The van der Waals surface area contributed by atoms with Gasteiger partial charge in [0, 0.05) is 6.54 Å². The summed E-state index contributed by atoms with van der Waals surface area (Å²) in [6, 6.07) is 15.9. The van der Waals surface area contributed by atoms with Crippen LogP contribution in [0.15, 0.2) is 48.5 Å². The van der Waals surface area contributed by atoms with Crippen LogP contribution in [-0.2, 0) is 13.0 Å². The first-order valence-electron chi connectivity index (χ1n) is 7.59. The van der Waals surface area contributed by atoms with Crippen LogP contribution in [0.5, 0.6) is 5.75 Å². The standard InChI is InChI=1S/C18H24N2O2/c1-14(21)12-20-10-9-15-7-8-18(17(19)11-15)22-13-16-5-3-2-4-6-16/h2-8,11,14,20-21H,9-10,12-13,19H2,1H3. The van der Waals surface area contributed by atoms with Gasteiger partial charge in [0.05, 0.1) is 11.8 Å². The molecule has 0 aliphatic rings. The fourth-order valence-electron chi connectivity index (χ4n) is 2.16. The Morgan fingerprint density at radius 3 is 2.59 bits per heavy atom. The van der Waals surface area contributed by atoms with E-state index in [-0.39, 0.29) is 6.10 Å². The Balaban J connectivity index is 1.84. The predicted octanol–water partition coefficient (Wildman–Crippen LogP) is 2.36. The number of rotatable bonds is 8. The average molecular weight is 300 g/mol. The number of nitrogens with one attached hydrogen (secondary N) is 1. The normalized spacial score (nSPS) is 12.1. The molecular formula is C18H24N2O2. The number of aliphatic hydroxyl groups is 1. The highest BCUT2D eigenvalue weighted by molar-refractivity contribution is 5.54. The molecule has 118 valence electrons. The largest absolute Gasteiger partial charge is 0.487 e. The molecule has 4 heteroatoms. The fraction of sp³-hybridized carbons (Fsp3) is 0.333. The Morgan fingerprint density at radius 2 is 1.91 bits per heavy atom. The molecule has 0 radical (unpaired) electrons. The van der Waals surface area contributed by atoms with Crippen LogP contribution in [0.25, 0.3) is 0 Å². The highest BCUT2D eigenvalue weighted by Gasteiger charge is 2.03. The van der Waals surface area contributed by atoms with Gasteiger partial charge in [-0.05, 0) is 43.1 Å². The molecule has 1 atom stereocenters. The maximum Gasteiger partial charge on any atom is 0.142 e. The molecule has 0 saturated heterocycles. The van der Waals surface area contributed by atoms with Crippen molar-refractivity contribution in [1.29, 1.82) is 0 Å². The third-order valence-electron chi connectivity index (χ3n) is 3.34. The summed E-state index contributed by atoms with van der Waals surface area (Å²) in [5.74, 6) is 0.713.